The Labute approximate surface area is 266 Å². The van der Waals surface area contributed by atoms with Gasteiger partial charge in [0.2, 0.25) is 0 Å². The second kappa shape index (κ2) is 23.5. The lowest BCUT2D eigenvalue weighted by molar-refractivity contribution is -0.113. The molecule has 1 aromatic rings. The van der Waals surface area contributed by atoms with Crippen LogP contribution in [0.5, 0.6) is 0 Å². The van der Waals surface area contributed by atoms with E-state index in [1.807, 2.05) is 65.1 Å². The predicted octanol–water partition coefficient (Wildman–Crippen LogP) is 9.41. The highest BCUT2D eigenvalue weighted by Gasteiger charge is 2.20. The van der Waals surface area contributed by atoms with Crippen LogP contribution in [-0.2, 0) is 4.79 Å². The highest BCUT2D eigenvalue weighted by atomic mass is 32.2. The first-order valence-electron chi connectivity index (χ1n) is 15.8. The highest BCUT2D eigenvalue weighted by Crippen LogP contribution is 2.31. The third kappa shape index (κ3) is 14.4. The maximum atomic E-state index is 14.5. The number of thioether (sulfide) groups is 1. The smallest absolute Gasteiger partial charge is 0.255 e. The molecule has 0 saturated carbocycles. The van der Waals surface area contributed by atoms with Crippen LogP contribution >= 0.6 is 11.8 Å². The number of carbonyl (C=O) groups is 1. The molecule has 0 radical (unpaired) electrons. The van der Waals surface area contributed by atoms with Gasteiger partial charge in [-0.2, -0.15) is 0 Å². The summed E-state index contributed by atoms with van der Waals surface area (Å²) in [5, 5.41) is 3.38. The molecule has 1 saturated heterocycles. The fraction of sp³-hybridized carbons (Fsp3) is 0.500. The van der Waals surface area contributed by atoms with Crippen LogP contribution in [0.1, 0.15) is 100.0 Å². The van der Waals surface area contributed by atoms with E-state index in [1.165, 1.54) is 17.8 Å². The number of carbonyl (C=O) groups excluding carboxylic acids is 1. The van der Waals surface area contributed by atoms with Crippen molar-refractivity contribution in [2.24, 2.45) is 10.7 Å². The molecular formula is C36H57FN4OS. The third-order valence-corrected chi connectivity index (χ3v) is 7.90. The molecule has 3 N–H and O–H groups in total. The van der Waals surface area contributed by atoms with Crippen LogP contribution in [0.3, 0.4) is 0 Å². The summed E-state index contributed by atoms with van der Waals surface area (Å²) in [5.74, 6) is -0.536. The van der Waals surface area contributed by atoms with E-state index in [0.29, 0.717) is 10.5 Å². The van der Waals surface area contributed by atoms with Crippen molar-refractivity contribution in [1.29, 1.82) is 0 Å². The second-order valence-electron chi connectivity index (χ2n) is 10.0. The molecule has 0 atom stereocenters. The number of allylic oxidation sites excluding steroid dienone is 7. The zero-order valence-electron chi connectivity index (χ0n) is 28.3. The zero-order chi connectivity index (χ0) is 32.8. The normalized spacial score (nSPS) is 15.1. The number of hydrogen-bond donors (Lipinski definition) is 2. The number of primary amides is 1. The molecule has 0 spiro atoms. The van der Waals surface area contributed by atoms with Gasteiger partial charge in [0.15, 0.2) is 0 Å². The summed E-state index contributed by atoms with van der Waals surface area (Å²) in [4.78, 5) is 19.9. The van der Waals surface area contributed by atoms with E-state index in [-0.39, 0.29) is 11.7 Å². The Kier molecular flexibility index (Phi) is 22.0. The Morgan fingerprint density at radius 1 is 1.09 bits per heavy atom. The number of hydrogen-bond acceptors (Lipinski definition) is 5. The van der Waals surface area contributed by atoms with Crippen molar-refractivity contribution in [3.05, 3.63) is 87.2 Å². The molecule has 1 aliphatic rings. The van der Waals surface area contributed by atoms with Gasteiger partial charge < -0.3 is 16.0 Å². The fourth-order valence-corrected chi connectivity index (χ4v) is 5.54. The zero-order valence-corrected chi connectivity index (χ0v) is 29.1. The van der Waals surface area contributed by atoms with E-state index in [4.69, 9.17) is 5.73 Å². The van der Waals surface area contributed by atoms with Crippen LogP contribution < -0.4 is 11.1 Å². The first kappa shape index (κ1) is 40.1. The van der Waals surface area contributed by atoms with Crippen LogP contribution in [0.25, 0.3) is 5.57 Å². The van der Waals surface area contributed by atoms with Gasteiger partial charge in [-0.05, 0) is 63.5 Å². The first-order chi connectivity index (χ1) is 20.6. The lowest BCUT2D eigenvalue weighted by Crippen LogP contribution is -2.43. The van der Waals surface area contributed by atoms with Gasteiger partial charge in [-0.3, -0.25) is 9.79 Å². The standard InChI is InChI=1S/C22H30FN3.C12H21NOS.C2H6/c1-5-7-12-25-17(3)22(18(4)26-15-13-24-14-16-26)19(6-2)20-10-8-9-11-21(20)23;1-5-7-9(3)11(12(13)14)15-10(4)8-6-2;1-2/h6-12,24H,5,13-16H2,1-4H3;4-8H2,1-3H3,(H2,13,14);1-2H3/b12-7+,19-6-,22-18-,25-17+;11-9-;. The number of benzene rings is 1. The van der Waals surface area contributed by atoms with Crippen molar-refractivity contribution in [3.8, 4) is 0 Å². The number of halogens is 1. The van der Waals surface area contributed by atoms with Crippen molar-refractivity contribution >= 4 is 29.0 Å². The quantitative estimate of drug-likeness (QED) is 0.132. The Morgan fingerprint density at radius 2 is 1.70 bits per heavy atom. The highest BCUT2D eigenvalue weighted by molar-refractivity contribution is 8.07. The molecule has 1 aliphatic heterocycles. The summed E-state index contributed by atoms with van der Waals surface area (Å²) in [7, 11) is 0. The molecule has 43 heavy (non-hydrogen) atoms. The summed E-state index contributed by atoms with van der Waals surface area (Å²) in [5.41, 5.74) is 11.0. The molecule has 7 heteroatoms. The minimum absolute atomic E-state index is 0.205. The maximum Gasteiger partial charge on any atom is 0.255 e. The lowest BCUT2D eigenvalue weighted by Gasteiger charge is -2.32. The van der Waals surface area contributed by atoms with Gasteiger partial charge in [0.1, 0.15) is 5.82 Å². The summed E-state index contributed by atoms with van der Waals surface area (Å²) in [6.07, 6.45) is 10.7. The Balaban J connectivity index is 0.000000887. The van der Waals surface area contributed by atoms with Crippen molar-refractivity contribution in [2.75, 3.05) is 26.2 Å². The van der Waals surface area contributed by atoms with Crippen molar-refractivity contribution in [3.63, 3.8) is 0 Å². The SMILES string of the molecule is C=C(CCC)S/C(C(N)=O)=C(/C)CCC.CC.C\C=C(C(/C(C)=N/C=C/CC)=C(/C)N1CCNCC1)\c1ccccc1F. The van der Waals surface area contributed by atoms with Gasteiger partial charge in [-0.25, -0.2) is 4.39 Å². The summed E-state index contributed by atoms with van der Waals surface area (Å²) in [6.45, 7) is 26.1. The third-order valence-electron chi connectivity index (χ3n) is 6.66. The molecule has 1 fully saturated rings. The predicted molar refractivity (Wildman–Crippen MR) is 190 cm³/mol. The van der Waals surface area contributed by atoms with E-state index in [0.717, 1.165) is 91.3 Å². The molecule has 0 aromatic heterocycles. The largest absolute Gasteiger partial charge is 0.372 e. The van der Waals surface area contributed by atoms with Gasteiger partial charge in [0.25, 0.3) is 5.91 Å². The topological polar surface area (TPSA) is 70.7 Å². The molecule has 240 valence electrons. The monoisotopic (exact) mass is 612 g/mol. The number of aliphatic imine (C=N–C) groups is 1. The molecule has 2 rings (SSSR count). The maximum absolute atomic E-state index is 14.5. The number of amides is 1. The van der Waals surface area contributed by atoms with E-state index >= 15 is 0 Å². The van der Waals surface area contributed by atoms with Crippen LogP contribution in [0.4, 0.5) is 4.39 Å². The summed E-state index contributed by atoms with van der Waals surface area (Å²) in [6, 6.07) is 6.96. The van der Waals surface area contributed by atoms with Gasteiger partial charge in [0.05, 0.1) is 4.91 Å². The molecule has 1 aromatic carbocycles. The molecular weight excluding hydrogens is 555 g/mol. The first-order valence-corrected chi connectivity index (χ1v) is 16.6. The number of nitrogens with zero attached hydrogens (tertiary/aromatic N) is 2. The Morgan fingerprint density at radius 3 is 2.21 bits per heavy atom. The molecule has 1 amide bonds. The molecule has 0 aliphatic carbocycles. The van der Waals surface area contributed by atoms with Gasteiger partial charge in [-0.15, -0.1) is 0 Å². The van der Waals surface area contributed by atoms with Crippen molar-refractivity contribution in [2.45, 2.75) is 94.4 Å². The van der Waals surface area contributed by atoms with Gasteiger partial charge in [-0.1, -0.05) is 102 Å². The van der Waals surface area contributed by atoms with Crippen LogP contribution in [0.15, 0.2) is 80.8 Å². The lowest BCUT2D eigenvalue weighted by atomic mass is 9.92. The molecule has 5 nitrogen and oxygen atoms in total. The van der Waals surface area contributed by atoms with Crippen LogP contribution in [-0.4, -0.2) is 42.7 Å². The van der Waals surface area contributed by atoms with Crippen LogP contribution in [0, 0.1) is 5.82 Å². The molecule has 0 unspecified atom stereocenters. The minimum atomic E-state index is -0.330. The van der Waals surface area contributed by atoms with Crippen LogP contribution in [0.2, 0.25) is 0 Å². The average Bonchev–Trinajstić information content (AvgIpc) is 3.00. The van der Waals surface area contributed by atoms with E-state index < -0.39 is 0 Å². The van der Waals surface area contributed by atoms with E-state index in [1.54, 1.807) is 6.07 Å². The fourth-order valence-electron chi connectivity index (χ4n) is 4.57. The number of rotatable bonds is 13. The number of piperazine rings is 1. The second-order valence-corrected chi connectivity index (χ2v) is 11.2. The number of nitrogens with one attached hydrogen (secondary N) is 1. The molecule has 1 heterocycles. The average molecular weight is 613 g/mol. The van der Waals surface area contributed by atoms with Crippen molar-refractivity contribution < 1.29 is 9.18 Å². The number of nitrogens with two attached hydrogens (primary N) is 1. The summed E-state index contributed by atoms with van der Waals surface area (Å²) < 4.78 is 14.5. The minimum Gasteiger partial charge on any atom is -0.372 e. The van der Waals surface area contributed by atoms with E-state index in [2.05, 4.69) is 49.5 Å². The van der Waals surface area contributed by atoms with Gasteiger partial charge >= 0.3 is 0 Å². The van der Waals surface area contributed by atoms with Crippen molar-refractivity contribution in [1.82, 2.24) is 10.2 Å². The Hall–Kier alpha value is -2.90. The van der Waals surface area contributed by atoms with Gasteiger partial charge in [0, 0.05) is 54.9 Å². The van der Waals surface area contributed by atoms with E-state index in [9.17, 15) is 9.18 Å². The molecule has 0 bridgehead atoms. The summed E-state index contributed by atoms with van der Waals surface area (Å²) >= 11 is 1.44. The Bertz CT molecular complexity index is 1160.